The van der Waals surface area contributed by atoms with Crippen molar-refractivity contribution in [2.24, 2.45) is 0 Å². The van der Waals surface area contributed by atoms with Crippen LogP contribution < -0.4 is 0 Å². The molecule has 2 aromatic rings. The molecule has 0 saturated heterocycles. The number of alkyl halides is 1. The summed E-state index contributed by atoms with van der Waals surface area (Å²) in [4.78, 5) is 30.1. The number of methoxy groups -OCH3 is 1. The molecule has 1 aromatic carbocycles. The highest BCUT2D eigenvalue weighted by Crippen LogP contribution is 2.25. The Morgan fingerprint density at radius 2 is 1.96 bits per heavy atom. The third-order valence-corrected chi connectivity index (χ3v) is 4.74. The molecule has 1 heterocycles. The van der Waals surface area contributed by atoms with Gasteiger partial charge in [-0.1, -0.05) is 30.3 Å². The maximum atomic E-state index is 12.8. The lowest BCUT2D eigenvalue weighted by Crippen LogP contribution is -2.38. The number of rotatable bonds is 6. The van der Waals surface area contributed by atoms with E-state index in [0.29, 0.717) is 11.6 Å². The van der Waals surface area contributed by atoms with Gasteiger partial charge in [0, 0.05) is 11.4 Å². The van der Waals surface area contributed by atoms with Crippen LogP contribution >= 0.6 is 22.9 Å². The molecule has 0 aliphatic heterocycles. The van der Waals surface area contributed by atoms with Gasteiger partial charge in [0.15, 0.2) is 5.69 Å². The highest BCUT2D eigenvalue weighted by Gasteiger charge is 2.27. The number of aromatic nitrogens is 1. The van der Waals surface area contributed by atoms with E-state index in [1.807, 2.05) is 44.2 Å². The predicted octanol–water partition coefficient (Wildman–Crippen LogP) is 3.65. The number of hydrogen-bond donors (Lipinski definition) is 0. The number of carbonyl (C=O) groups excluding carboxylic acids is 2. The maximum absolute atomic E-state index is 12.8. The smallest absolute Gasteiger partial charge is 0.357 e. The van der Waals surface area contributed by atoms with Crippen LogP contribution in [0.25, 0.3) is 0 Å². The molecule has 24 heavy (non-hydrogen) atoms. The number of amides is 1. The molecule has 0 aliphatic carbocycles. The largest absolute Gasteiger partial charge is 0.464 e. The normalized spacial score (nSPS) is 12.0. The number of nitrogens with zero attached hydrogens (tertiary/aromatic N) is 2. The van der Waals surface area contributed by atoms with Gasteiger partial charge in [0.2, 0.25) is 5.91 Å². The average Bonchev–Trinajstić information content (AvgIpc) is 3.07. The molecule has 128 valence electrons. The first-order valence-electron chi connectivity index (χ1n) is 7.46. The summed E-state index contributed by atoms with van der Waals surface area (Å²) in [6.45, 7) is 4.14. The second-order valence-electron chi connectivity index (χ2n) is 5.45. The van der Waals surface area contributed by atoms with Crippen molar-refractivity contribution < 1.29 is 14.3 Å². The fourth-order valence-corrected chi connectivity index (χ4v) is 3.18. The third-order valence-electron chi connectivity index (χ3n) is 3.47. The van der Waals surface area contributed by atoms with E-state index in [0.717, 1.165) is 5.56 Å². The van der Waals surface area contributed by atoms with Gasteiger partial charge in [0.1, 0.15) is 10.4 Å². The Bertz CT molecular complexity index is 703. The lowest BCUT2D eigenvalue weighted by Gasteiger charge is -2.28. The Morgan fingerprint density at radius 3 is 2.54 bits per heavy atom. The molecule has 7 heteroatoms. The van der Waals surface area contributed by atoms with Crippen molar-refractivity contribution in [1.29, 1.82) is 0 Å². The fraction of sp³-hybridized carbons (Fsp3) is 0.353. The number of carbonyl (C=O) groups is 2. The Morgan fingerprint density at radius 1 is 1.29 bits per heavy atom. The Hall–Kier alpha value is -1.92. The number of thiazole rings is 1. The van der Waals surface area contributed by atoms with Crippen LogP contribution in [0.4, 0.5) is 0 Å². The summed E-state index contributed by atoms with van der Waals surface area (Å²) in [7, 11) is 1.31. The molecule has 1 amide bonds. The molecule has 0 saturated carbocycles. The Labute approximate surface area is 150 Å². The van der Waals surface area contributed by atoms with E-state index >= 15 is 0 Å². The van der Waals surface area contributed by atoms with Crippen LogP contribution in [0.2, 0.25) is 0 Å². The maximum Gasteiger partial charge on any atom is 0.357 e. The van der Waals surface area contributed by atoms with E-state index in [-0.39, 0.29) is 17.6 Å². The van der Waals surface area contributed by atoms with Gasteiger partial charge in [0.25, 0.3) is 0 Å². The third kappa shape index (κ3) is 4.33. The van der Waals surface area contributed by atoms with Crippen molar-refractivity contribution in [1.82, 2.24) is 9.88 Å². The van der Waals surface area contributed by atoms with Crippen LogP contribution in [0.3, 0.4) is 0 Å². The zero-order valence-corrected chi connectivity index (χ0v) is 15.3. The molecule has 0 spiro atoms. The van der Waals surface area contributed by atoms with Crippen LogP contribution in [-0.2, 0) is 16.1 Å². The van der Waals surface area contributed by atoms with Gasteiger partial charge < -0.3 is 9.64 Å². The molecule has 2 rings (SSSR count). The summed E-state index contributed by atoms with van der Waals surface area (Å²) < 4.78 is 4.65. The number of hydrogen-bond acceptors (Lipinski definition) is 5. The molecule has 0 N–H and O–H groups in total. The van der Waals surface area contributed by atoms with Gasteiger partial charge in [-0.2, -0.15) is 0 Å². The van der Waals surface area contributed by atoms with Crippen molar-refractivity contribution in [2.75, 3.05) is 7.11 Å². The van der Waals surface area contributed by atoms with Crippen LogP contribution in [0.15, 0.2) is 35.7 Å². The van der Waals surface area contributed by atoms with Crippen molar-refractivity contribution in [3.63, 3.8) is 0 Å². The number of halogens is 1. The summed E-state index contributed by atoms with van der Waals surface area (Å²) in [6, 6.07) is 9.18. The SMILES string of the molecule is COC(=O)c1csc(CN(C(=O)C(Cl)c2ccccc2)C(C)C)n1. The molecule has 1 aromatic heterocycles. The second kappa shape index (κ2) is 8.26. The van der Waals surface area contributed by atoms with Gasteiger partial charge in [-0.15, -0.1) is 22.9 Å². The molecule has 5 nitrogen and oxygen atoms in total. The van der Waals surface area contributed by atoms with E-state index < -0.39 is 11.3 Å². The van der Waals surface area contributed by atoms with E-state index in [1.54, 1.807) is 10.3 Å². The molecular weight excluding hydrogens is 348 g/mol. The van der Waals surface area contributed by atoms with Crippen LogP contribution in [0.5, 0.6) is 0 Å². The number of ether oxygens (including phenoxy) is 1. The molecule has 0 aliphatic rings. The lowest BCUT2D eigenvalue weighted by atomic mass is 10.1. The second-order valence-corrected chi connectivity index (χ2v) is 6.83. The van der Waals surface area contributed by atoms with Gasteiger partial charge in [-0.3, -0.25) is 4.79 Å². The van der Waals surface area contributed by atoms with Crippen molar-refractivity contribution >= 4 is 34.8 Å². The molecule has 0 radical (unpaired) electrons. The van der Waals surface area contributed by atoms with E-state index in [9.17, 15) is 9.59 Å². The zero-order chi connectivity index (χ0) is 17.7. The van der Waals surface area contributed by atoms with Crippen LogP contribution in [0.1, 0.15) is 40.3 Å². The molecule has 1 unspecified atom stereocenters. The first kappa shape index (κ1) is 18.4. The minimum absolute atomic E-state index is 0.0482. The van der Waals surface area contributed by atoms with E-state index in [4.69, 9.17) is 11.6 Å². The molecule has 0 fully saturated rings. The summed E-state index contributed by atoms with van der Waals surface area (Å²) >= 11 is 7.67. The highest BCUT2D eigenvalue weighted by atomic mass is 35.5. The summed E-state index contributed by atoms with van der Waals surface area (Å²) in [6.07, 6.45) is 0. The van der Waals surface area contributed by atoms with Crippen molar-refractivity contribution in [2.45, 2.75) is 31.8 Å². The van der Waals surface area contributed by atoms with Gasteiger partial charge in [0.05, 0.1) is 13.7 Å². The Kier molecular flexibility index (Phi) is 6.34. The number of esters is 1. The predicted molar refractivity (Wildman–Crippen MR) is 94.2 cm³/mol. The zero-order valence-electron chi connectivity index (χ0n) is 13.7. The first-order valence-corrected chi connectivity index (χ1v) is 8.77. The van der Waals surface area contributed by atoms with Gasteiger partial charge in [-0.25, -0.2) is 9.78 Å². The van der Waals surface area contributed by atoms with Gasteiger partial charge in [-0.05, 0) is 19.4 Å². The monoisotopic (exact) mass is 366 g/mol. The number of benzene rings is 1. The average molecular weight is 367 g/mol. The lowest BCUT2D eigenvalue weighted by molar-refractivity contribution is -0.133. The van der Waals surface area contributed by atoms with Crippen LogP contribution in [-0.4, -0.2) is 34.9 Å². The molecule has 0 bridgehead atoms. The topological polar surface area (TPSA) is 59.5 Å². The summed E-state index contributed by atoms with van der Waals surface area (Å²) in [5, 5.41) is 1.53. The van der Waals surface area contributed by atoms with E-state index in [1.165, 1.54) is 18.4 Å². The molecular formula is C17H19ClN2O3S. The van der Waals surface area contributed by atoms with Crippen LogP contribution in [0, 0.1) is 0 Å². The fourth-order valence-electron chi connectivity index (χ4n) is 2.15. The summed E-state index contributed by atoms with van der Waals surface area (Å²) in [5.41, 5.74) is 1.00. The standard InChI is InChI=1S/C17H19ClN2O3S/c1-11(2)20(9-14-19-13(10-24-14)17(22)23-3)16(21)15(18)12-7-5-4-6-8-12/h4-8,10-11,15H,9H2,1-3H3. The van der Waals surface area contributed by atoms with Crippen molar-refractivity contribution in [3.05, 3.63) is 52.0 Å². The Balaban J connectivity index is 2.16. The molecule has 1 atom stereocenters. The summed E-state index contributed by atoms with van der Waals surface area (Å²) in [5.74, 6) is -0.674. The first-order chi connectivity index (χ1) is 11.4. The minimum Gasteiger partial charge on any atom is -0.464 e. The van der Waals surface area contributed by atoms with Gasteiger partial charge >= 0.3 is 5.97 Å². The minimum atomic E-state index is -0.756. The highest BCUT2D eigenvalue weighted by molar-refractivity contribution is 7.09. The quantitative estimate of drug-likeness (QED) is 0.578. The van der Waals surface area contributed by atoms with Crippen molar-refractivity contribution in [3.8, 4) is 0 Å². The van der Waals surface area contributed by atoms with E-state index in [2.05, 4.69) is 9.72 Å².